The average molecular weight is 295 g/mol. The van der Waals surface area contributed by atoms with Gasteiger partial charge in [-0.25, -0.2) is 4.79 Å². The van der Waals surface area contributed by atoms with Gasteiger partial charge in [-0.05, 0) is 61.6 Å². The fraction of sp³-hybridized carbons (Fsp3) is 0.333. The largest absolute Gasteiger partial charge is 0.322 e. The van der Waals surface area contributed by atoms with Gasteiger partial charge in [-0.2, -0.15) is 0 Å². The minimum atomic E-state index is -0.0204. The lowest BCUT2D eigenvalue weighted by Crippen LogP contribution is -2.36. The van der Waals surface area contributed by atoms with E-state index in [1.807, 2.05) is 43.0 Å². The van der Waals surface area contributed by atoms with Crippen molar-refractivity contribution in [3.8, 4) is 0 Å². The monoisotopic (exact) mass is 295 g/mol. The zero-order chi connectivity index (χ0) is 15.5. The van der Waals surface area contributed by atoms with Gasteiger partial charge in [-0.1, -0.05) is 12.1 Å². The summed E-state index contributed by atoms with van der Waals surface area (Å²) in [6.45, 7) is 4.67. The molecule has 0 aliphatic heterocycles. The number of hydrogen-bond acceptors (Lipinski definition) is 2. The van der Waals surface area contributed by atoms with E-state index < -0.39 is 0 Å². The van der Waals surface area contributed by atoms with E-state index in [0.29, 0.717) is 12.6 Å². The molecule has 2 amide bonds. The third-order valence-electron chi connectivity index (χ3n) is 3.99. The topological polar surface area (TPSA) is 45.2 Å². The Bertz CT molecular complexity index is 665. The molecule has 3 rings (SSSR count). The number of carbonyl (C=O) groups is 1. The summed E-state index contributed by atoms with van der Waals surface area (Å²) in [5.41, 5.74) is 4.23. The molecule has 0 bridgehead atoms. The number of benzene rings is 1. The fourth-order valence-corrected chi connectivity index (χ4v) is 2.50. The van der Waals surface area contributed by atoms with Gasteiger partial charge in [-0.15, -0.1) is 0 Å². The summed E-state index contributed by atoms with van der Waals surface area (Å²) >= 11 is 0. The molecule has 1 N–H and O–H groups in total. The maximum absolute atomic E-state index is 12.7. The molecular formula is C18H21N3O. The number of carbonyl (C=O) groups excluding carboxylic acids is 1. The maximum atomic E-state index is 12.7. The van der Waals surface area contributed by atoms with E-state index in [-0.39, 0.29) is 6.03 Å². The number of urea groups is 1. The van der Waals surface area contributed by atoms with Crippen LogP contribution in [0, 0.1) is 13.8 Å². The van der Waals surface area contributed by atoms with Crippen LogP contribution in [0.3, 0.4) is 0 Å². The van der Waals surface area contributed by atoms with E-state index in [2.05, 4.69) is 16.4 Å². The fourth-order valence-electron chi connectivity index (χ4n) is 2.50. The molecule has 114 valence electrons. The lowest BCUT2D eigenvalue weighted by molar-refractivity contribution is 0.206. The average Bonchev–Trinajstić information content (AvgIpc) is 3.34. The van der Waals surface area contributed by atoms with Crippen LogP contribution < -0.4 is 5.32 Å². The first-order chi connectivity index (χ1) is 10.6. The van der Waals surface area contributed by atoms with Gasteiger partial charge in [0.25, 0.3) is 0 Å². The minimum absolute atomic E-state index is 0.0204. The number of anilines is 1. The lowest BCUT2D eigenvalue weighted by Gasteiger charge is -2.23. The van der Waals surface area contributed by atoms with E-state index in [1.54, 1.807) is 12.4 Å². The first-order valence-electron chi connectivity index (χ1n) is 7.67. The van der Waals surface area contributed by atoms with E-state index in [1.165, 1.54) is 0 Å². The SMILES string of the molecule is Cc1ccc(C)c(NC(=O)N(Cc2ccncc2)C2CC2)c1. The number of nitrogens with zero attached hydrogens (tertiary/aromatic N) is 2. The summed E-state index contributed by atoms with van der Waals surface area (Å²) in [4.78, 5) is 18.6. The number of nitrogens with one attached hydrogen (secondary N) is 1. The summed E-state index contributed by atoms with van der Waals surface area (Å²) in [6, 6.07) is 10.4. The standard InChI is InChI=1S/C18H21N3O/c1-13-3-4-14(2)17(11-13)20-18(22)21(16-5-6-16)12-15-7-9-19-10-8-15/h3-4,7-11,16H,5-6,12H2,1-2H3,(H,20,22). The minimum Gasteiger partial charge on any atom is -0.317 e. The molecule has 1 aliphatic rings. The highest BCUT2D eigenvalue weighted by molar-refractivity contribution is 5.90. The number of pyridine rings is 1. The van der Waals surface area contributed by atoms with Gasteiger partial charge in [-0.3, -0.25) is 4.98 Å². The van der Waals surface area contributed by atoms with Crippen LogP contribution in [0.25, 0.3) is 0 Å². The molecule has 4 nitrogen and oxygen atoms in total. The van der Waals surface area contributed by atoms with Crippen molar-refractivity contribution in [2.24, 2.45) is 0 Å². The molecule has 1 saturated carbocycles. The quantitative estimate of drug-likeness (QED) is 0.930. The zero-order valence-corrected chi connectivity index (χ0v) is 13.0. The number of rotatable bonds is 4. The van der Waals surface area contributed by atoms with E-state index in [0.717, 1.165) is 35.2 Å². The van der Waals surface area contributed by atoms with Crippen molar-refractivity contribution in [1.82, 2.24) is 9.88 Å². The molecule has 4 heteroatoms. The van der Waals surface area contributed by atoms with E-state index in [9.17, 15) is 4.79 Å². The predicted octanol–water partition coefficient (Wildman–Crippen LogP) is 3.89. The van der Waals surface area contributed by atoms with Gasteiger partial charge in [0.15, 0.2) is 0 Å². The van der Waals surface area contributed by atoms with Gasteiger partial charge in [0, 0.05) is 30.7 Å². The molecule has 0 saturated heterocycles. The molecule has 1 heterocycles. The van der Waals surface area contributed by atoms with Crippen LogP contribution >= 0.6 is 0 Å². The predicted molar refractivity (Wildman–Crippen MR) is 87.7 cm³/mol. The second kappa shape index (κ2) is 6.18. The molecule has 1 aromatic carbocycles. The highest BCUT2D eigenvalue weighted by atomic mass is 16.2. The Hall–Kier alpha value is -2.36. The smallest absolute Gasteiger partial charge is 0.317 e. The van der Waals surface area contributed by atoms with Crippen LogP contribution in [-0.4, -0.2) is 22.0 Å². The summed E-state index contributed by atoms with van der Waals surface area (Å²) < 4.78 is 0. The van der Waals surface area contributed by atoms with Crippen LogP contribution in [0.1, 0.15) is 29.5 Å². The number of hydrogen-bond donors (Lipinski definition) is 1. The first kappa shape index (κ1) is 14.6. The van der Waals surface area contributed by atoms with Gasteiger partial charge in [0.1, 0.15) is 0 Å². The molecule has 1 fully saturated rings. The van der Waals surface area contributed by atoms with Crippen molar-refractivity contribution in [2.75, 3.05) is 5.32 Å². The van der Waals surface area contributed by atoms with Gasteiger partial charge in [0.05, 0.1) is 0 Å². The molecule has 22 heavy (non-hydrogen) atoms. The highest BCUT2D eigenvalue weighted by Crippen LogP contribution is 2.29. The summed E-state index contributed by atoms with van der Waals surface area (Å²) in [5.74, 6) is 0. The Kier molecular flexibility index (Phi) is 4.09. The van der Waals surface area contributed by atoms with Crippen molar-refractivity contribution in [1.29, 1.82) is 0 Å². The lowest BCUT2D eigenvalue weighted by atomic mass is 10.1. The molecule has 2 aromatic rings. The zero-order valence-electron chi connectivity index (χ0n) is 13.0. The third-order valence-corrected chi connectivity index (χ3v) is 3.99. The molecule has 0 unspecified atom stereocenters. The second-order valence-corrected chi connectivity index (χ2v) is 5.96. The van der Waals surface area contributed by atoms with Crippen LogP contribution in [0.15, 0.2) is 42.7 Å². The van der Waals surface area contributed by atoms with Crippen LogP contribution in [-0.2, 0) is 6.54 Å². The Balaban J connectivity index is 1.74. The Labute approximate surface area is 131 Å². The van der Waals surface area contributed by atoms with Crippen molar-refractivity contribution in [3.63, 3.8) is 0 Å². The first-order valence-corrected chi connectivity index (χ1v) is 7.67. The molecule has 0 radical (unpaired) electrons. The van der Waals surface area contributed by atoms with Crippen molar-refractivity contribution >= 4 is 11.7 Å². The van der Waals surface area contributed by atoms with Gasteiger partial charge in [0.2, 0.25) is 0 Å². The molecule has 0 atom stereocenters. The summed E-state index contributed by atoms with van der Waals surface area (Å²) in [7, 11) is 0. The third kappa shape index (κ3) is 3.45. The maximum Gasteiger partial charge on any atom is 0.322 e. The highest BCUT2D eigenvalue weighted by Gasteiger charge is 2.32. The molecule has 1 aliphatic carbocycles. The van der Waals surface area contributed by atoms with Gasteiger partial charge < -0.3 is 10.2 Å². The normalized spacial score (nSPS) is 13.7. The van der Waals surface area contributed by atoms with E-state index in [4.69, 9.17) is 0 Å². The molecular weight excluding hydrogens is 274 g/mol. The Morgan fingerprint density at radius 2 is 1.95 bits per heavy atom. The van der Waals surface area contributed by atoms with Gasteiger partial charge >= 0.3 is 6.03 Å². The molecule has 1 aromatic heterocycles. The second-order valence-electron chi connectivity index (χ2n) is 5.96. The number of aryl methyl sites for hydroxylation is 2. The summed E-state index contributed by atoms with van der Waals surface area (Å²) in [6.07, 6.45) is 5.71. The number of aromatic nitrogens is 1. The number of amides is 2. The van der Waals surface area contributed by atoms with Crippen LogP contribution in [0.5, 0.6) is 0 Å². The Morgan fingerprint density at radius 1 is 1.23 bits per heavy atom. The van der Waals surface area contributed by atoms with Crippen LogP contribution in [0.2, 0.25) is 0 Å². The van der Waals surface area contributed by atoms with Crippen molar-refractivity contribution < 1.29 is 4.79 Å². The summed E-state index contributed by atoms with van der Waals surface area (Å²) in [5, 5.41) is 3.06. The van der Waals surface area contributed by atoms with Crippen molar-refractivity contribution in [2.45, 2.75) is 39.3 Å². The van der Waals surface area contributed by atoms with E-state index >= 15 is 0 Å². The Morgan fingerprint density at radius 3 is 2.64 bits per heavy atom. The van der Waals surface area contributed by atoms with Crippen molar-refractivity contribution in [3.05, 3.63) is 59.4 Å². The van der Waals surface area contributed by atoms with Crippen LogP contribution in [0.4, 0.5) is 10.5 Å². The molecule has 0 spiro atoms.